The fourth-order valence-electron chi connectivity index (χ4n) is 3.85. The third kappa shape index (κ3) is 2.70. The number of morpholine rings is 1. The highest BCUT2D eigenvalue weighted by Crippen LogP contribution is 2.34. The molecule has 2 fully saturated rings. The summed E-state index contributed by atoms with van der Waals surface area (Å²) >= 11 is 0. The van der Waals surface area contributed by atoms with E-state index >= 15 is 0 Å². The highest BCUT2D eigenvalue weighted by molar-refractivity contribution is 6.04. The number of hydrogen-bond donors (Lipinski definition) is 0. The van der Waals surface area contributed by atoms with Crippen LogP contribution in [-0.4, -0.2) is 46.3 Å². The lowest BCUT2D eigenvalue weighted by molar-refractivity contribution is -0.117. The van der Waals surface area contributed by atoms with Gasteiger partial charge in [0.25, 0.3) is 5.91 Å². The van der Waals surface area contributed by atoms with Gasteiger partial charge in [0.05, 0.1) is 24.9 Å². The molecule has 5 nitrogen and oxygen atoms in total. The van der Waals surface area contributed by atoms with Crippen LogP contribution in [-0.2, 0) is 4.74 Å². The molecule has 23 heavy (non-hydrogen) atoms. The van der Waals surface area contributed by atoms with Crippen molar-refractivity contribution in [3.8, 4) is 0 Å². The maximum atomic E-state index is 13.0. The number of amides is 1. The van der Waals surface area contributed by atoms with E-state index in [1.165, 1.54) is 19.3 Å². The van der Waals surface area contributed by atoms with Gasteiger partial charge in [-0.2, -0.15) is 5.10 Å². The van der Waals surface area contributed by atoms with Gasteiger partial charge < -0.3 is 9.64 Å². The van der Waals surface area contributed by atoms with Crippen LogP contribution in [0.5, 0.6) is 0 Å². The summed E-state index contributed by atoms with van der Waals surface area (Å²) < 4.78 is 6.08. The topological polar surface area (TPSA) is 55.3 Å². The van der Waals surface area contributed by atoms with Crippen molar-refractivity contribution < 1.29 is 9.53 Å². The molecule has 0 bridgehead atoms. The van der Waals surface area contributed by atoms with Gasteiger partial charge in [0.1, 0.15) is 0 Å². The highest BCUT2D eigenvalue weighted by atomic mass is 16.5. The van der Waals surface area contributed by atoms with Crippen LogP contribution < -0.4 is 0 Å². The number of carbonyl (C=O) groups excluding carboxylic acids is 1. The first-order valence-corrected chi connectivity index (χ1v) is 8.41. The molecular weight excluding hydrogens is 290 g/mol. The van der Waals surface area contributed by atoms with E-state index in [2.05, 4.69) is 10.2 Å². The van der Waals surface area contributed by atoms with E-state index in [0.717, 1.165) is 23.6 Å². The lowest BCUT2D eigenvalue weighted by Crippen LogP contribution is -2.54. The predicted octanol–water partition coefficient (Wildman–Crippen LogP) is 2.81. The second kappa shape index (κ2) is 5.89. The van der Waals surface area contributed by atoms with Crippen molar-refractivity contribution in [3.63, 3.8) is 0 Å². The van der Waals surface area contributed by atoms with E-state index < -0.39 is 0 Å². The zero-order valence-electron chi connectivity index (χ0n) is 13.2. The molecule has 0 unspecified atom stereocenters. The van der Waals surface area contributed by atoms with Crippen LogP contribution in [0.15, 0.2) is 30.5 Å². The van der Waals surface area contributed by atoms with Crippen LogP contribution in [0, 0.1) is 0 Å². The minimum absolute atomic E-state index is 0.0254. The summed E-state index contributed by atoms with van der Waals surface area (Å²) in [6, 6.07) is 7.78. The van der Waals surface area contributed by atoms with Crippen molar-refractivity contribution in [2.75, 3.05) is 19.7 Å². The molecule has 1 saturated carbocycles. The van der Waals surface area contributed by atoms with Crippen LogP contribution in [0.1, 0.15) is 42.6 Å². The first-order valence-electron chi connectivity index (χ1n) is 8.41. The molecule has 0 N–H and O–H groups in total. The lowest BCUT2D eigenvalue weighted by Gasteiger charge is -2.44. The summed E-state index contributed by atoms with van der Waals surface area (Å²) in [5, 5.41) is 9.96. The molecule has 120 valence electrons. The molecule has 2 aliphatic rings. The Hall–Kier alpha value is -2.01. The third-order valence-electron chi connectivity index (χ3n) is 5.07. The summed E-state index contributed by atoms with van der Waals surface area (Å²) in [6.07, 6.45) is 7.46. The van der Waals surface area contributed by atoms with Crippen LogP contribution in [0.3, 0.4) is 0 Å². The molecule has 4 rings (SSSR count). The number of aromatic nitrogens is 2. The van der Waals surface area contributed by atoms with Gasteiger partial charge >= 0.3 is 0 Å². The second-order valence-electron chi connectivity index (χ2n) is 6.60. The Morgan fingerprint density at radius 2 is 2.00 bits per heavy atom. The van der Waals surface area contributed by atoms with Crippen LogP contribution >= 0.6 is 0 Å². The molecule has 5 heteroatoms. The van der Waals surface area contributed by atoms with E-state index in [9.17, 15) is 4.79 Å². The second-order valence-corrected chi connectivity index (χ2v) is 6.60. The predicted molar refractivity (Wildman–Crippen MR) is 87.2 cm³/mol. The Balaban J connectivity index is 1.63. The summed E-state index contributed by atoms with van der Waals surface area (Å²) in [5.41, 5.74) is 0.320. The van der Waals surface area contributed by atoms with Gasteiger partial charge in [0.15, 0.2) is 5.69 Å². The van der Waals surface area contributed by atoms with E-state index in [1.807, 2.05) is 29.2 Å². The van der Waals surface area contributed by atoms with Crippen molar-refractivity contribution >= 4 is 16.7 Å². The highest BCUT2D eigenvalue weighted by Gasteiger charge is 2.39. The summed E-state index contributed by atoms with van der Waals surface area (Å²) in [7, 11) is 0. The molecule has 0 radical (unpaired) electrons. The van der Waals surface area contributed by atoms with Gasteiger partial charge in [-0.05, 0) is 12.8 Å². The summed E-state index contributed by atoms with van der Waals surface area (Å²) in [6.45, 7) is 1.92. The average molecular weight is 311 g/mol. The Kier molecular flexibility index (Phi) is 3.73. The van der Waals surface area contributed by atoms with E-state index in [1.54, 1.807) is 6.20 Å². The minimum atomic E-state index is -0.135. The van der Waals surface area contributed by atoms with Gasteiger partial charge in [-0.3, -0.25) is 4.79 Å². The number of rotatable bonds is 1. The maximum Gasteiger partial charge on any atom is 0.275 e. The Morgan fingerprint density at radius 3 is 2.87 bits per heavy atom. The monoisotopic (exact) mass is 311 g/mol. The Bertz CT molecular complexity index is 714. The first kappa shape index (κ1) is 14.6. The van der Waals surface area contributed by atoms with Crippen molar-refractivity contribution in [2.24, 2.45) is 0 Å². The molecule has 1 aliphatic carbocycles. The number of ether oxygens (including phenoxy) is 1. The van der Waals surface area contributed by atoms with E-state index in [-0.39, 0.29) is 11.5 Å². The zero-order chi connectivity index (χ0) is 15.7. The molecular formula is C18H21N3O2. The number of fused-ring (bicyclic) bond motifs is 1. The number of nitrogens with zero attached hydrogens (tertiary/aromatic N) is 3. The SMILES string of the molecule is O=C(c1nncc2ccccc12)N1CCOC2(CCCCC2)C1. The summed E-state index contributed by atoms with van der Waals surface area (Å²) in [4.78, 5) is 14.9. The normalized spacial score (nSPS) is 20.8. The molecule has 1 aromatic heterocycles. The van der Waals surface area contributed by atoms with Gasteiger partial charge in [-0.15, -0.1) is 5.10 Å². The fraction of sp³-hybridized carbons (Fsp3) is 0.500. The lowest BCUT2D eigenvalue weighted by atomic mass is 9.83. The van der Waals surface area contributed by atoms with Gasteiger partial charge in [-0.25, -0.2) is 0 Å². The number of benzene rings is 1. The summed E-state index contributed by atoms with van der Waals surface area (Å²) in [5.74, 6) is -0.0254. The van der Waals surface area contributed by atoms with Crippen molar-refractivity contribution in [1.82, 2.24) is 15.1 Å². The first-order chi connectivity index (χ1) is 11.3. The zero-order valence-corrected chi connectivity index (χ0v) is 13.2. The molecule has 1 aromatic carbocycles. The van der Waals surface area contributed by atoms with Gasteiger partial charge in [0.2, 0.25) is 0 Å². The molecule has 1 aliphatic heterocycles. The van der Waals surface area contributed by atoms with Gasteiger partial charge in [-0.1, -0.05) is 43.5 Å². The quantitative estimate of drug-likeness (QED) is 0.812. The van der Waals surface area contributed by atoms with E-state index in [0.29, 0.717) is 25.4 Å². The Morgan fingerprint density at radius 1 is 1.17 bits per heavy atom. The molecule has 1 saturated heterocycles. The van der Waals surface area contributed by atoms with Gasteiger partial charge in [0, 0.05) is 17.3 Å². The average Bonchev–Trinajstić information content (AvgIpc) is 2.61. The van der Waals surface area contributed by atoms with E-state index in [4.69, 9.17) is 4.74 Å². The number of carbonyl (C=O) groups is 1. The van der Waals surface area contributed by atoms with Crippen LogP contribution in [0.25, 0.3) is 10.8 Å². The standard InChI is InChI=1S/C18H21N3O2/c22-17(16-15-7-3-2-6-14(15)12-19-20-16)21-10-11-23-18(13-21)8-4-1-5-9-18/h2-3,6-7,12H,1,4-5,8-11,13H2. The van der Waals surface area contributed by atoms with Crippen molar-refractivity contribution in [1.29, 1.82) is 0 Å². The Labute approximate surface area is 135 Å². The maximum absolute atomic E-state index is 13.0. The third-order valence-corrected chi connectivity index (χ3v) is 5.07. The van der Waals surface area contributed by atoms with Crippen molar-refractivity contribution in [2.45, 2.75) is 37.7 Å². The molecule has 1 spiro atoms. The van der Waals surface area contributed by atoms with Crippen LogP contribution in [0.4, 0.5) is 0 Å². The van der Waals surface area contributed by atoms with Crippen LogP contribution in [0.2, 0.25) is 0 Å². The smallest absolute Gasteiger partial charge is 0.275 e. The minimum Gasteiger partial charge on any atom is -0.371 e. The molecule has 1 amide bonds. The fourth-order valence-corrected chi connectivity index (χ4v) is 3.85. The molecule has 2 aromatic rings. The molecule has 0 atom stereocenters. The molecule has 2 heterocycles. The number of hydrogen-bond acceptors (Lipinski definition) is 4. The largest absolute Gasteiger partial charge is 0.371 e. The van der Waals surface area contributed by atoms with Crippen molar-refractivity contribution in [3.05, 3.63) is 36.2 Å².